The van der Waals surface area contributed by atoms with Crippen molar-refractivity contribution >= 4 is 23.3 Å². The molecular weight excluding hydrogens is 396 g/mol. The first kappa shape index (κ1) is 21.4. The molecule has 0 radical (unpaired) electrons. The fourth-order valence-corrected chi connectivity index (χ4v) is 3.92. The van der Waals surface area contributed by atoms with Gasteiger partial charge in [0.1, 0.15) is 5.92 Å². The van der Waals surface area contributed by atoms with Crippen molar-refractivity contribution in [1.29, 1.82) is 10.7 Å². The Bertz CT molecular complexity index is 1100. The molecule has 0 bridgehead atoms. The van der Waals surface area contributed by atoms with Crippen LogP contribution in [0.5, 0.6) is 0 Å². The summed E-state index contributed by atoms with van der Waals surface area (Å²) < 4.78 is 1.93. The zero-order valence-corrected chi connectivity index (χ0v) is 17.8. The summed E-state index contributed by atoms with van der Waals surface area (Å²) in [6.07, 6.45) is 3.42. The van der Waals surface area contributed by atoms with Gasteiger partial charge in [-0.25, -0.2) is 0 Å². The fourth-order valence-electron chi connectivity index (χ4n) is 3.07. The third-order valence-corrected chi connectivity index (χ3v) is 5.53. The van der Waals surface area contributed by atoms with E-state index in [1.165, 1.54) is 18.7 Å². The average Bonchev–Trinajstić information content (AvgIpc) is 3.17. The first-order valence-electron chi connectivity index (χ1n) is 9.49. The summed E-state index contributed by atoms with van der Waals surface area (Å²) in [6.45, 7) is 5.71. The molecule has 8 heteroatoms. The molecule has 0 fully saturated rings. The van der Waals surface area contributed by atoms with Gasteiger partial charge < -0.3 is 5.41 Å². The highest BCUT2D eigenvalue weighted by molar-refractivity contribution is 7.99. The van der Waals surface area contributed by atoms with Gasteiger partial charge in [0.2, 0.25) is 0 Å². The molecule has 7 nitrogen and oxygen atoms in total. The number of pyridine rings is 1. The predicted molar refractivity (Wildman–Crippen MR) is 117 cm³/mol. The third-order valence-electron chi connectivity index (χ3n) is 4.58. The molecule has 1 aromatic carbocycles. The molecule has 2 heterocycles. The van der Waals surface area contributed by atoms with Crippen molar-refractivity contribution in [3.63, 3.8) is 0 Å². The number of para-hydroxylation sites is 1. The van der Waals surface area contributed by atoms with Crippen LogP contribution < -0.4 is 0 Å². The second-order valence-electron chi connectivity index (χ2n) is 7.10. The lowest BCUT2D eigenvalue weighted by Gasteiger charge is -2.17. The number of Topliss-reactive ketones (excluding diaryl/α,β-unsaturated/α-hetero) is 1. The molecule has 30 heavy (non-hydrogen) atoms. The summed E-state index contributed by atoms with van der Waals surface area (Å²) in [5.74, 6) is -0.414. The van der Waals surface area contributed by atoms with Crippen LogP contribution in [0.4, 0.5) is 0 Å². The Morgan fingerprint density at radius 1 is 1.23 bits per heavy atom. The van der Waals surface area contributed by atoms with Gasteiger partial charge in [-0.05, 0) is 36.6 Å². The molecule has 0 aliphatic carbocycles. The van der Waals surface area contributed by atoms with Gasteiger partial charge in [0.15, 0.2) is 16.8 Å². The monoisotopic (exact) mass is 418 g/mol. The van der Waals surface area contributed by atoms with Gasteiger partial charge in [-0.1, -0.05) is 43.8 Å². The number of nitrogens with zero attached hydrogens (tertiary/aromatic N) is 5. The van der Waals surface area contributed by atoms with Gasteiger partial charge in [0, 0.05) is 23.7 Å². The number of carbonyl (C=O) groups is 1. The minimum absolute atomic E-state index is 0.0312. The Labute approximate surface area is 179 Å². The predicted octanol–water partition coefficient (Wildman–Crippen LogP) is 4.29. The largest absolute Gasteiger partial charge is 0.308 e. The van der Waals surface area contributed by atoms with Gasteiger partial charge in [0.25, 0.3) is 0 Å². The second kappa shape index (κ2) is 9.46. The summed E-state index contributed by atoms with van der Waals surface area (Å²) in [6, 6.07) is 13.7. The fraction of sp³-hybridized carbons (Fsp3) is 0.273. The maximum atomic E-state index is 12.4. The molecule has 152 valence electrons. The average molecular weight is 419 g/mol. The van der Waals surface area contributed by atoms with Crippen LogP contribution in [0.1, 0.15) is 32.3 Å². The number of nitriles is 1. The van der Waals surface area contributed by atoms with Gasteiger partial charge in [-0.2, -0.15) is 5.26 Å². The van der Waals surface area contributed by atoms with Crippen LogP contribution in [0, 0.1) is 22.7 Å². The van der Waals surface area contributed by atoms with E-state index in [0.717, 1.165) is 16.8 Å². The smallest absolute Gasteiger partial charge is 0.196 e. The third kappa shape index (κ3) is 4.47. The number of nitrogens with one attached hydrogen (secondary N) is 1. The minimum atomic E-state index is -1.03. The van der Waals surface area contributed by atoms with Crippen molar-refractivity contribution in [3.8, 4) is 23.1 Å². The van der Waals surface area contributed by atoms with E-state index in [4.69, 9.17) is 5.41 Å². The zero-order valence-electron chi connectivity index (χ0n) is 17.0. The Balaban J connectivity index is 2.06. The summed E-state index contributed by atoms with van der Waals surface area (Å²) in [7, 11) is 0. The molecule has 3 rings (SSSR count). The van der Waals surface area contributed by atoms with Crippen molar-refractivity contribution in [2.75, 3.05) is 5.75 Å². The second-order valence-corrected chi connectivity index (χ2v) is 8.04. The zero-order chi connectivity index (χ0) is 21.7. The van der Waals surface area contributed by atoms with Crippen LogP contribution in [0.3, 0.4) is 0 Å². The van der Waals surface area contributed by atoms with Crippen LogP contribution >= 0.6 is 11.8 Å². The van der Waals surface area contributed by atoms with Crippen LogP contribution in [-0.4, -0.2) is 37.0 Å². The van der Waals surface area contributed by atoms with Gasteiger partial charge >= 0.3 is 0 Å². The number of thioether (sulfide) groups is 1. The highest BCUT2D eigenvalue weighted by atomic mass is 32.2. The molecule has 0 amide bonds. The highest BCUT2D eigenvalue weighted by Gasteiger charge is 2.23. The van der Waals surface area contributed by atoms with Crippen molar-refractivity contribution in [3.05, 3.63) is 54.4 Å². The van der Waals surface area contributed by atoms with Crippen LogP contribution in [-0.2, 0) is 4.79 Å². The SMILES string of the molecule is CC(=N)[C@H](C#N)C(=O)CSc1nnc(-c2cccnc2)n1-c1ccccc1C(C)C. The quantitative estimate of drug-likeness (QED) is 0.432. The van der Waals surface area contributed by atoms with Crippen molar-refractivity contribution in [1.82, 2.24) is 19.7 Å². The Kier molecular flexibility index (Phi) is 6.75. The Morgan fingerprint density at radius 2 is 2.00 bits per heavy atom. The molecule has 3 aromatic rings. The minimum Gasteiger partial charge on any atom is -0.308 e. The summed E-state index contributed by atoms with van der Waals surface area (Å²) in [5, 5.41) is 26.1. The van der Waals surface area contributed by atoms with E-state index in [1.54, 1.807) is 12.4 Å². The number of benzene rings is 1. The number of aromatic nitrogens is 4. The number of ketones is 1. The molecule has 2 aromatic heterocycles. The summed E-state index contributed by atoms with van der Waals surface area (Å²) in [4.78, 5) is 16.6. The molecule has 1 N–H and O–H groups in total. The lowest BCUT2D eigenvalue weighted by molar-refractivity contribution is -0.117. The van der Waals surface area contributed by atoms with Crippen LogP contribution in [0.2, 0.25) is 0 Å². The van der Waals surface area contributed by atoms with Crippen LogP contribution in [0.15, 0.2) is 53.9 Å². The lowest BCUT2D eigenvalue weighted by atomic mass is 10.0. The van der Waals surface area contributed by atoms with E-state index >= 15 is 0 Å². The number of carbonyl (C=O) groups excluding carboxylic acids is 1. The highest BCUT2D eigenvalue weighted by Crippen LogP contribution is 2.32. The van der Waals surface area contributed by atoms with Crippen molar-refractivity contribution in [2.24, 2.45) is 5.92 Å². The van der Waals surface area contributed by atoms with E-state index in [1.807, 2.05) is 41.0 Å². The van der Waals surface area contributed by atoms with E-state index in [-0.39, 0.29) is 23.2 Å². The molecule has 0 saturated heterocycles. The van der Waals surface area contributed by atoms with E-state index in [2.05, 4.69) is 35.1 Å². The summed E-state index contributed by atoms with van der Waals surface area (Å²) in [5.41, 5.74) is 2.92. The first-order chi connectivity index (χ1) is 14.4. The van der Waals surface area contributed by atoms with Gasteiger partial charge in [-0.15, -0.1) is 10.2 Å². The number of rotatable bonds is 8. The first-order valence-corrected chi connectivity index (χ1v) is 10.5. The number of hydrogen-bond acceptors (Lipinski definition) is 7. The Hall–Kier alpha value is -3.31. The molecule has 0 saturated carbocycles. The maximum absolute atomic E-state index is 12.4. The van der Waals surface area contributed by atoms with E-state index < -0.39 is 5.92 Å². The standard InChI is InChI=1S/C22H22N6OS/c1-14(2)17-8-4-5-9-19(17)28-21(16-7-6-10-25-12-16)26-27-22(28)30-13-20(29)18(11-23)15(3)24/h4-10,12,14,18,24H,13H2,1-3H3/t18-/m0/s1. The normalized spacial score (nSPS) is 11.8. The van der Waals surface area contributed by atoms with E-state index in [0.29, 0.717) is 11.0 Å². The lowest BCUT2D eigenvalue weighted by Crippen LogP contribution is -2.21. The topological polar surface area (TPSA) is 108 Å². The Morgan fingerprint density at radius 3 is 2.63 bits per heavy atom. The summed E-state index contributed by atoms with van der Waals surface area (Å²) >= 11 is 1.22. The molecule has 1 atom stereocenters. The number of hydrogen-bond donors (Lipinski definition) is 1. The molecule has 0 aliphatic rings. The van der Waals surface area contributed by atoms with Gasteiger partial charge in [-0.3, -0.25) is 14.3 Å². The van der Waals surface area contributed by atoms with E-state index in [9.17, 15) is 10.1 Å². The van der Waals surface area contributed by atoms with Crippen molar-refractivity contribution < 1.29 is 4.79 Å². The van der Waals surface area contributed by atoms with Gasteiger partial charge in [0.05, 0.1) is 17.5 Å². The molecule has 0 unspecified atom stereocenters. The van der Waals surface area contributed by atoms with Crippen LogP contribution in [0.25, 0.3) is 17.1 Å². The molecular formula is C22H22N6OS. The molecule has 0 aliphatic heterocycles. The maximum Gasteiger partial charge on any atom is 0.196 e. The molecule has 0 spiro atoms. The van der Waals surface area contributed by atoms with Crippen molar-refractivity contribution in [2.45, 2.75) is 31.8 Å².